The summed E-state index contributed by atoms with van der Waals surface area (Å²) in [5.41, 5.74) is 0.173. The van der Waals surface area contributed by atoms with Crippen molar-refractivity contribution in [3.05, 3.63) is 47.8 Å². The zero-order valence-electron chi connectivity index (χ0n) is 13.3. The molecule has 0 aliphatic carbocycles. The topological polar surface area (TPSA) is 54.9 Å². The Morgan fingerprint density at radius 1 is 1.16 bits per heavy atom. The molecular formula is C16H16F3N3OS2. The maximum Gasteiger partial charge on any atom is 0.433 e. The Balaban J connectivity index is 1.69. The van der Waals surface area contributed by atoms with Crippen LogP contribution in [0.2, 0.25) is 0 Å². The lowest BCUT2D eigenvalue weighted by molar-refractivity contribution is -0.141. The van der Waals surface area contributed by atoms with Crippen LogP contribution in [0.5, 0.6) is 0 Å². The maximum atomic E-state index is 12.6. The molecule has 2 aromatic rings. The van der Waals surface area contributed by atoms with Crippen LogP contribution in [-0.4, -0.2) is 33.9 Å². The van der Waals surface area contributed by atoms with E-state index in [-0.39, 0.29) is 16.8 Å². The molecule has 0 aliphatic rings. The molecule has 0 unspecified atom stereocenters. The first-order valence-corrected chi connectivity index (χ1v) is 9.31. The molecule has 0 fully saturated rings. The predicted octanol–water partition coefficient (Wildman–Crippen LogP) is 3.80. The number of nitrogens with zero attached hydrogens (tertiary/aromatic N) is 2. The van der Waals surface area contributed by atoms with E-state index in [1.165, 1.54) is 5.56 Å². The highest BCUT2D eigenvalue weighted by Crippen LogP contribution is 2.28. The van der Waals surface area contributed by atoms with Crippen molar-refractivity contribution in [1.29, 1.82) is 0 Å². The van der Waals surface area contributed by atoms with Gasteiger partial charge >= 0.3 is 6.18 Å². The molecule has 9 heteroatoms. The second-order valence-electron chi connectivity index (χ2n) is 5.02. The molecule has 4 nitrogen and oxygen atoms in total. The van der Waals surface area contributed by atoms with Crippen molar-refractivity contribution in [2.24, 2.45) is 0 Å². The summed E-state index contributed by atoms with van der Waals surface area (Å²) < 4.78 is 37.7. The Labute approximate surface area is 152 Å². The van der Waals surface area contributed by atoms with E-state index in [0.717, 1.165) is 28.9 Å². The van der Waals surface area contributed by atoms with Gasteiger partial charge in [0.05, 0.1) is 5.75 Å². The van der Waals surface area contributed by atoms with Crippen LogP contribution in [-0.2, 0) is 11.0 Å². The minimum Gasteiger partial charge on any atom is -0.355 e. The number of halogens is 3. The molecule has 0 aliphatic heterocycles. The van der Waals surface area contributed by atoms with E-state index < -0.39 is 11.9 Å². The van der Waals surface area contributed by atoms with E-state index in [1.54, 1.807) is 11.8 Å². The summed E-state index contributed by atoms with van der Waals surface area (Å²) in [5, 5.41) is 2.65. The number of carbonyl (C=O) groups is 1. The van der Waals surface area contributed by atoms with Gasteiger partial charge in [-0.25, -0.2) is 9.97 Å². The molecule has 0 saturated heterocycles. The summed E-state index contributed by atoms with van der Waals surface area (Å²) in [6, 6.07) is 8.87. The third-order valence-corrected chi connectivity index (χ3v) is 4.85. The SMILES string of the molecule is Cc1ccc(SCCNC(=O)CSc2nccc(C(F)(F)F)n2)cc1. The smallest absolute Gasteiger partial charge is 0.355 e. The molecule has 0 spiro atoms. The van der Waals surface area contributed by atoms with Crippen molar-refractivity contribution in [2.75, 3.05) is 18.1 Å². The van der Waals surface area contributed by atoms with Gasteiger partial charge in [-0.2, -0.15) is 13.2 Å². The van der Waals surface area contributed by atoms with Crippen LogP contribution in [0.3, 0.4) is 0 Å². The fraction of sp³-hybridized carbons (Fsp3) is 0.312. The van der Waals surface area contributed by atoms with Gasteiger partial charge in [0.15, 0.2) is 5.16 Å². The lowest BCUT2D eigenvalue weighted by Gasteiger charge is -2.07. The van der Waals surface area contributed by atoms with Crippen molar-refractivity contribution in [3.63, 3.8) is 0 Å². The van der Waals surface area contributed by atoms with Gasteiger partial charge in [0.25, 0.3) is 0 Å². The van der Waals surface area contributed by atoms with Gasteiger partial charge in [0, 0.05) is 23.4 Å². The first-order chi connectivity index (χ1) is 11.8. The van der Waals surface area contributed by atoms with Gasteiger partial charge in [0.2, 0.25) is 5.91 Å². The summed E-state index contributed by atoms with van der Waals surface area (Å²) in [4.78, 5) is 20.0. The van der Waals surface area contributed by atoms with Gasteiger partial charge < -0.3 is 5.32 Å². The van der Waals surface area contributed by atoms with Crippen LogP contribution >= 0.6 is 23.5 Å². The largest absolute Gasteiger partial charge is 0.433 e. The van der Waals surface area contributed by atoms with Crippen molar-refractivity contribution in [3.8, 4) is 0 Å². The van der Waals surface area contributed by atoms with E-state index >= 15 is 0 Å². The highest BCUT2D eigenvalue weighted by Gasteiger charge is 2.32. The van der Waals surface area contributed by atoms with Crippen LogP contribution in [0.4, 0.5) is 13.2 Å². The Bertz CT molecular complexity index is 709. The fourth-order valence-electron chi connectivity index (χ4n) is 1.74. The minimum absolute atomic E-state index is 0.0312. The molecule has 1 amide bonds. The number of amides is 1. The number of carbonyl (C=O) groups excluding carboxylic acids is 1. The summed E-state index contributed by atoms with van der Waals surface area (Å²) in [6.45, 7) is 2.49. The summed E-state index contributed by atoms with van der Waals surface area (Å²) in [5.74, 6) is 0.409. The number of hydrogen-bond acceptors (Lipinski definition) is 5. The average Bonchev–Trinajstić information content (AvgIpc) is 2.58. The summed E-state index contributed by atoms with van der Waals surface area (Å²) in [6.07, 6.45) is -3.48. The number of rotatable bonds is 7. The van der Waals surface area contributed by atoms with Gasteiger partial charge in [-0.15, -0.1) is 11.8 Å². The molecule has 0 atom stereocenters. The lowest BCUT2D eigenvalue weighted by Crippen LogP contribution is -2.27. The Morgan fingerprint density at radius 3 is 2.56 bits per heavy atom. The Hall–Kier alpha value is -1.74. The monoisotopic (exact) mass is 387 g/mol. The first-order valence-electron chi connectivity index (χ1n) is 7.34. The number of nitrogens with one attached hydrogen (secondary N) is 1. The van der Waals surface area contributed by atoms with E-state index in [4.69, 9.17) is 0 Å². The van der Waals surface area contributed by atoms with Crippen LogP contribution < -0.4 is 5.32 Å². The van der Waals surface area contributed by atoms with Crippen molar-refractivity contribution >= 4 is 29.4 Å². The zero-order chi connectivity index (χ0) is 18.3. The lowest BCUT2D eigenvalue weighted by atomic mass is 10.2. The third-order valence-electron chi connectivity index (χ3n) is 2.97. The molecule has 1 heterocycles. The summed E-state index contributed by atoms with van der Waals surface area (Å²) >= 11 is 2.49. The average molecular weight is 387 g/mol. The van der Waals surface area contributed by atoms with E-state index in [0.29, 0.717) is 12.3 Å². The Kier molecular flexibility index (Phi) is 7.12. The predicted molar refractivity (Wildman–Crippen MR) is 92.7 cm³/mol. The van der Waals surface area contributed by atoms with Gasteiger partial charge in [0.1, 0.15) is 5.69 Å². The number of aromatic nitrogens is 2. The maximum absolute atomic E-state index is 12.6. The van der Waals surface area contributed by atoms with Crippen LogP contribution in [0.25, 0.3) is 0 Å². The molecule has 1 aromatic heterocycles. The number of hydrogen-bond donors (Lipinski definition) is 1. The van der Waals surface area contributed by atoms with Crippen LogP contribution in [0.1, 0.15) is 11.3 Å². The second-order valence-corrected chi connectivity index (χ2v) is 7.13. The molecule has 0 saturated carbocycles. The third kappa shape index (κ3) is 6.95. The van der Waals surface area contributed by atoms with Crippen molar-refractivity contribution in [1.82, 2.24) is 15.3 Å². The van der Waals surface area contributed by atoms with E-state index in [1.807, 2.05) is 31.2 Å². The molecular weight excluding hydrogens is 371 g/mol. The van der Waals surface area contributed by atoms with Gasteiger partial charge in [-0.3, -0.25) is 4.79 Å². The first kappa shape index (κ1) is 19.6. The minimum atomic E-state index is -4.52. The highest BCUT2D eigenvalue weighted by atomic mass is 32.2. The quantitative estimate of drug-likeness (QED) is 0.445. The zero-order valence-corrected chi connectivity index (χ0v) is 15.0. The van der Waals surface area contributed by atoms with E-state index in [2.05, 4.69) is 15.3 Å². The molecule has 134 valence electrons. The van der Waals surface area contributed by atoms with Crippen LogP contribution in [0.15, 0.2) is 46.6 Å². The standard InChI is InChI=1S/C16H16F3N3OS2/c1-11-2-4-12(5-3-11)24-9-8-20-14(23)10-25-15-21-7-6-13(22-15)16(17,18)19/h2-7H,8-10H2,1H3,(H,20,23). The highest BCUT2D eigenvalue weighted by molar-refractivity contribution is 7.99. The molecule has 25 heavy (non-hydrogen) atoms. The van der Waals surface area contributed by atoms with Gasteiger partial charge in [-0.1, -0.05) is 29.5 Å². The fourth-order valence-corrected chi connectivity index (χ4v) is 3.17. The number of thioether (sulfide) groups is 2. The number of benzene rings is 1. The molecule has 2 rings (SSSR count). The number of alkyl halides is 3. The van der Waals surface area contributed by atoms with Crippen molar-refractivity contribution in [2.45, 2.75) is 23.2 Å². The Morgan fingerprint density at radius 2 is 1.88 bits per heavy atom. The molecule has 1 aromatic carbocycles. The number of aryl methyl sites for hydroxylation is 1. The molecule has 0 bridgehead atoms. The second kappa shape index (κ2) is 9.10. The van der Waals surface area contributed by atoms with Gasteiger partial charge in [-0.05, 0) is 25.1 Å². The normalized spacial score (nSPS) is 11.4. The molecule has 1 N–H and O–H groups in total. The van der Waals surface area contributed by atoms with Crippen molar-refractivity contribution < 1.29 is 18.0 Å². The van der Waals surface area contributed by atoms with Crippen LogP contribution in [0, 0.1) is 6.92 Å². The molecule has 0 radical (unpaired) electrons. The summed E-state index contributed by atoms with van der Waals surface area (Å²) in [7, 11) is 0. The van der Waals surface area contributed by atoms with E-state index in [9.17, 15) is 18.0 Å².